The fourth-order valence-electron chi connectivity index (χ4n) is 2.75. The van der Waals surface area contributed by atoms with Crippen LogP contribution in [0.5, 0.6) is 0 Å². The van der Waals surface area contributed by atoms with E-state index in [0.717, 1.165) is 44.5 Å². The van der Waals surface area contributed by atoms with Gasteiger partial charge < -0.3 is 10.2 Å². The second-order valence-corrected chi connectivity index (χ2v) is 6.73. The Morgan fingerprint density at radius 2 is 1.88 bits per heavy atom. The average molecular weight is 392 g/mol. The largest absolute Gasteiger partial charge is 0.417 e. The van der Waals surface area contributed by atoms with E-state index in [1.165, 1.54) is 18.0 Å². The number of amides is 2. The molecule has 0 aromatic heterocycles. The number of alkyl halides is 3. The first kappa shape index (κ1) is 20.5. The third kappa shape index (κ3) is 5.88. The number of likely N-dealkylation sites (N-methyl/N-ethyl adjacent to an activating group) is 1. The van der Waals surface area contributed by atoms with Gasteiger partial charge in [0.05, 0.1) is 23.7 Å². The van der Waals surface area contributed by atoms with Crippen LogP contribution in [0.1, 0.15) is 24.8 Å². The Morgan fingerprint density at radius 3 is 2.50 bits per heavy atom. The fourth-order valence-corrected chi connectivity index (χ4v) is 2.98. The van der Waals surface area contributed by atoms with Crippen LogP contribution >= 0.6 is 11.6 Å². The van der Waals surface area contributed by atoms with Gasteiger partial charge in [-0.25, -0.2) is 0 Å². The molecule has 0 radical (unpaired) electrons. The summed E-state index contributed by atoms with van der Waals surface area (Å²) in [7, 11) is 1.49. The van der Waals surface area contributed by atoms with E-state index in [-0.39, 0.29) is 24.7 Å². The number of carbonyl (C=O) groups excluding carboxylic acids is 2. The molecule has 1 N–H and O–H groups in total. The number of piperidine rings is 1. The minimum atomic E-state index is -4.61. The molecule has 1 fully saturated rings. The van der Waals surface area contributed by atoms with Crippen LogP contribution in [-0.2, 0) is 15.8 Å². The highest BCUT2D eigenvalue weighted by molar-refractivity contribution is 6.31. The molecule has 0 atom stereocenters. The lowest BCUT2D eigenvalue weighted by Crippen LogP contribution is -2.43. The number of nitrogens with zero attached hydrogens (tertiary/aromatic N) is 2. The number of benzene rings is 1. The van der Waals surface area contributed by atoms with E-state index in [1.807, 2.05) is 4.90 Å². The molecule has 0 saturated carbocycles. The van der Waals surface area contributed by atoms with Crippen LogP contribution in [0.25, 0.3) is 0 Å². The minimum absolute atomic E-state index is 0.0244. The molecule has 0 unspecified atom stereocenters. The lowest BCUT2D eigenvalue weighted by atomic mass is 10.1. The quantitative estimate of drug-likeness (QED) is 0.838. The molecule has 0 bridgehead atoms. The van der Waals surface area contributed by atoms with Crippen LogP contribution in [0, 0.1) is 0 Å². The van der Waals surface area contributed by atoms with Gasteiger partial charge in [0.1, 0.15) is 0 Å². The first-order valence-electron chi connectivity index (χ1n) is 8.30. The van der Waals surface area contributed by atoms with Crippen molar-refractivity contribution in [2.75, 3.05) is 38.5 Å². The van der Waals surface area contributed by atoms with E-state index in [2.05, 4.69) is 5.32 Å². The van der Waals surface area contributed by atoms with Gasteiger partial charge in [0.15, 0.2) is 0 Å². The van der Waals surface area contributed by atoms with Gasteiger partial charge in [-0.2, -0.15) is 13.2 Å². The molecular formula is C17H21ClF3N3O2. The second-order valence-electron chi connectivity index (χ2n) is 6.33. The summed E-state index contributed by atoms with van der Waals surface area (Å²) >= 11 is 5.55. The zero-order valence-corrected chi connectivity index (χ0v) is 15.2. The smallest absolute Gasteiger partial charge is 0.335 e. The maximum absolute atomic E-state index is 12.9. The fraction of sp³-hybridized carbons (Fsp3) is 0.529. The highest BCUT2D eigenvalue weighted by Crippen LogP contribution is 2.36. The van der Waals surface area contributed by atoms with Crippen LogP contribution in [0.4, 0.5) is 18.9 Å². The van der Waals surface area contributed by atoms with Crippen molar-refractivity contribution in [2.24, 2.45) is 0 Å². The van der Waals surface area contributed by atoms with Crippen LogP contribution in [-0.4, -0.2) is 54.8 Å². The van der Waals surface area contributed by atoms with Crippen molar-refractivity contribution in [1.29, 1.82) is 0 Å². The molecule has 0 spiro atoms. The van der Waals surface area contributed by atoms with Gasteiger partial charge >= 0.3 is 6.18 Å². The van der Waals surface area contributed by atoms with E-state index in [1.54, 1.807) is 0 Å². The number of halogens is 4. The summed E-state index contributed by atoms with van der Waals surface area (Å²) in [6, 6.07) is 3.13. The average Bonchev–Trinajstić information content (AvgIpc) is 2.56. The Hall–Kier alpha value is -1.80. The number of likely N-dealkylation sites (tertiary alicyclic amines) is 1. The van der Waals surface area contributed by atoms with Crippen LogP contribution in [0.15, 0.2) is 18.2 Å². The molecule has 5 nitrogen and oxygen atoms in total. The Morgan fingerprint density at radius 1 is 1.23 bits per heavy atom. The molecule has 1 aliphatic rings. The molecule has 1 aromatic rings. The summed E-state index contributed by atoms with van der Waals surface area (Å²) in [6.45, 7) is 1.72. The molecular weight excluding hydrogens is 371 g/mol. The van der Waals surface area contributed by atoms with Crippen LogP contribution in [0.2, 0.25) is 5.02 Å². The molecule has 9 heteroatoms. The summed E-state index contributed by atoms with van der Waals surface area (Å²) < 4.78 is 38.6. The van der Waals surface area contributed by atoms with Crippen LogP contribution < -0.4 is 5.32 Å². The molecule has 1 saturated heterocycles. The number of rotatable bonds is 5. The zero-order valence-electron chi connectivity index (χ0n) is 14.4. The molecule has 1 heterocycles. The van der Waals surface area contributed by atoms with E-state index in [9.17, 15) is 22.8 Å². The number of nitrogens with one attached hydrogen (secondary N) is 1. The van der Waals surface area contributed by atoms with E-state index < -0.39 is 22.7 Å². The summed E-state index contributed by atoms with van der Waals surface area (Å²) in [5.74, 6) is -0.774. The number of hydrogen-bond donors (Lipinski definition) is 1. The third-order valence-corrected chi connectivity index (χ3v) is 4.50. The van der Waals surface area contributed by atoms with Gasteiger partial charge in [0.2, 0.25) is 11.8 Å². The summed E-state index contributed by atoms with van der Waals surface area (Å²) in [6.07, 6.45) is -1.35. The molecule has 0 aliphatic carbocycles. The summed E-state index contributed by atoms with van der Waals surface area (Å²) in [4.78, 5) is 27.5. The maximum Gasteiger partial charge on any atom is 0.417 e. The highest BCUT2D eigenvalue weighted by atomic mass is 35.5. The molecule has 2 amide bonds. The SMILES string of the molecule is CN(CC(=O)Nc1ccc(Cl)c(C(F)(F)F)c1)C(=O)CN1CCCCC1. The van der Waals surface area contributed by atoms with E-state index in [0.29, 0.717) is 0 Å². The van der Waals surface area contributed by atoms with Crippen molar-refractivity contribution in [3.05, 3.63) is 28.8 Å². The summed E-state index contributed by atoms with van der Waals surface area (Å²) in [5, 5.41) is 1.93. The molecule has 1 aliphatic heterocycles. The molecule has 1 aromatic carbocycles. The van der Waals surface area contributed by atoms with Gasteiger partial charge in [0, 0.05) is 12.7 Å². The van der Waals surface area contributed by atoms with Crippen molar-refractivity contribution in [1.82, 2.24) is 9.80 Å². The Balaban J connectivity index is 1.90. The predicted octanol–water partition coefficient (Wildman–Crippen LogP) is 3.24. The molecule has 144 valence electrons. The highest BCUT2D eigenvalue weighted by Gasteiger charge is 2.33. The number of anilines is 1. The zero-order chi connectivity index (χ0) is 19.3. The Kier molecular flexibility index (Phi) is 6.88. The third-order valence-electron chi connectivity index (χ3n) is 4.17. The van der Waals surface area contributed by atoms with Gasteiger partial charge in [-0.3, -0.25) is 14.5 Å². The first-order chi connectivity index (χ1) is 12.2. The van der Waals surface area contributed by atoms with Gasteiger partial charge in [0.25, 0.3) is 0 Å². The first-order valence-corrected chi connectivity index (χ1v) is 8.67. The number of hydrogen-bond acceptors (Lipinski definition) is 3. The van der Waals surface area contributed by atoms with Crippen molar-refractivity contribution < 1.29 is 22.8 Å². The molecule has 26 heavy (non-hydrogen) atoms. The van der Waals surface area contributed by atoms with E-state index >= 15 is 0 Å². The predicted molar refractivity (Wildman–Crippen MR) is 93.0 cm³/mol. The van der Waals surface area contributed by atoms with Crippen LogP contribution in [0.3, 0.4) is 0 Å². The summed E-state index contributed by atoms with van der Waals surface area (Å²) in [5.41, 5.74) is -1.05. The van der Waals surface area contributed by atoms with Gasteiger partial charge in [-0.15, -0.1) is 0 Å². The van der Waals surface area contributed by atoms with E-state index in [4.69, 9.17) is 11.6 Å². The Labute approximate surface area is 155 Å². The lowest BCUT2D eigenvalue weighted by Gasteiger charge is -2.27. The van der Waals surface area contributed by atoms with Crippen molar-refractivity contribution in [2.45, 2.75) is 25.4 Å². The topological polar surface area (TPSA) is 52.7 Å². The van der Waals surface area contributed by atoms with Crippen molar-refractivity contribution in [3.8, 4) is 0 Å². The monoisotopic (exact) mass is 391 g/mol. The van der Waals surface area contributed by atoms with Gasteiger partial charge in [-0.05, 0) is 44.1 Å². The van der Waals surface area contributed by atoms with Crippen molar-refractivity contribution in [3.63, 3.8) is 0 Å². The van der Waals surface area contributed by atoms with Gasteiger partial charge in [-0.1, -0.05) is 18.0 Å². The maximum atomic E-state index is 12.9. The lowest BCUT2D eigenvalue weighted by molar-refractivity contribution is -0.137. The molecule has 2 rings (SSSR count). The Bertz CT molecular complexity index is 661. The van der Waals surface area contributed by atoms with Crippen molar-refractivity contribution >= 4 is 29.1 Å². The minimum Gasteiger partial charge on any atom is -0.335 e. The number of carbonyl (C=O) groups is 2. The standard InChI is InChI=1S/C17H21ClF3N3O2/c1-23(16(26)11-24-7-3-2-4-8-24)10-15(25)22-12-5-6-14(18)13(9-12)17(19,20)21/h5-6,9H,2-4,7-8,10-11H2,1H3,(H,22,25). The normalized spacial score (nSPS) is 15.6. The second kappa shape index (κ2) is 8.73.